The largest absolute Gasteiger partial charge is 0.301 e. The lowest BCUT2D eigenvalue weighted by Crippen LogP contribution is -2.06. The third kappa shape index (κ3) is 2.79. The van der Waals surface area contributed by atoms with Gasteiger partial charge in [0, 0.05) is 12.0 Å². The lowest BCUT2D eigenvalue weighted by molar-refractivity contribution is -0.393. The van der Waals surface area contributed by atoms with E-state index in [-0.39, 0.29) is 23.0 Å². The SMILES string of the molecule is C[C@@H]1CC=C/C1=N/Nc1ccc([N+](=O)[O-])cc1[N+](=O)[O-]. The molecule has 1 aromatic carbocycles. The van der Waals surface area contributed by atoms with Crippen molar-refractivity contribution < 1.29 is 9.85 Å². The zero-order chi connectivity index (χ0) is 14.7. The molecule has 104 valence electrons. The van der Waals surface area contributed by atoms with Gasteiger partial charge in [0.2, 0.25) is 0 Å². The molecule has 0 bridgehead atoms. The first kappa shape index (κ1) is 13.7. The summed E-state index contributed by atoms with van der Waals surface area (Å²) >= 11 is 0. The highest BCUT2D eigenvalue weighted by Crippen LogP contribution is 2.29. The van der Waals surface area contributed by atoms with Gasteiger partial charge >= 0.3 is 5.69 Å². The average Bonchev–Trinajstić information content (AvgIpc) is 2.81. The summed E-state index contributed by atoms with van der Waals surface area (Å²) in [4.78, 5) is 20.2. The Hall–Kier alpha value is -2.77. The first-order valence-electron chi connectivity index (χ1n) is 5.92. The van der Waals surface area contributed by atoms with Crippen LogP contribution in [0.2, 0.25) is 0 Å². The Balaban J connectivity index is 2.29. The van der Waals surface area contributed by atoms with Crippen LogP contribution in [-0.2, 0) is 0 Å². The van der Waals surface area contributed by atoms with Gasteiger partial charge in [-0.15, -0.1) is 0 Å². The van der Waals surface area contributed by atoms with Gasteiger partial charge in [-0.3, -0.25) is 25.7 Å². The highest BCUT2D eigenvalue weighted by molar-refractivity contribution is 5.99. The molecule has 8 nitrogen and oxygen atoms in total. The minimum absolute atomic E-state index is 0.126. The van der Waals surface area contributed by atoms with Crippen LogP contribution >= 0.6 is 0 Å². The second-order valence-electron chi connectivity index (χ2n) is 4.40. The van der Waals surface area contributed by atoms with Gasteiger partial charge in [0.25, 0.3) is 5.69 Å². The fraction of sp³-hybridized carbons (Fsp3) is 0.250. The maximum Gasteiger partial charge on any atom is 0.301 e. The first-order valence-corrected chi connectivity index (χ1v) is 5.92. The number of nitrogens with one attached hydrogen (secondary N) is 1. The quantitative estimate of drug-likeness (QED) is 0.671. The Morgan fingerprint density at radius 1 is 1.30 bits per heavy atom. The second kappa shape index (κ2) is 5.47. The number of anilines is 1. The molecule has 0 fully saturated rings. The van der Waals surface area contributed by atoms with Crippen LogP contribution in [0.4, 0.5) is 17.1 Å². The molecule has 0 aromatic heterocycles. The Kier molecular flexibility index (Phi) is 3.74. The summed E-state index contributed by atoms with van der Waals surface area (Å²) < 4.78 is 0. The molecular weight excluding hydrogens is 264 g/mol. The summed E-state index contributed by atoms with van der Waals surface area (Å²) in [6, 6.07) is 3.39. The van der Waals surface area contributed by atoms with Crippen molar-refractivity contribution in [3.63, 3.8) is 0 Å². The van der Waals surface area contributed by atoms with E-state index in [9.17, 15) is 20.2 Å². The van der Waals surface area contributed by atoms with Crippen molar-refractivity contribution in [3.8, 4) is 0 Å². The fourth-order valence-electron chi connectivity index (χ4n) is 1.83. The fourth-order valence-corrected chi connectivity index (χ4v) is 1.83. The molecule has 0 amide bonds. The summed E-state index contributed by atoms with van der Waals surface area (Å²) in [5, 5.41) is 25.7. The van der Waals surface area contributed by atoms with Crippen LogP contribution in [0.25, 0.3) is 0 Å². The van der Waals surface area contributed by atoms with Gasteiger partial charge in [-0.2, -0.15) is 5.10 Å². The van der Waals surface area contributed by atoms with E-state index in [1.165, 1.54) is 12.1 Å². The molecule has 1 atom stereocenters. The van der Waals surface area contributed by atoms with E-state index in [4.69, 9.17) is 0 Å². The topological polar surface area (TPSA) is 111 Å². The Morgan fingerprint density at radius 3 is 2.60 bits per heavy atom. The van der Waals surface area contributed by atoms with Gasteiger partial charge in [-0.25, -0.2) is 0 Å². The molecule has 0 saturated carbocycles. The Morgan fingerprint density at radius 2 is 2.05 bits per heavy atom. The second-order valence-corrected chi connectivity index (χ2v) is 4.40. The molecule has 0 aliphatic heterocycles. The summed E-state index contributed by atoms with van der Waals surface area (Å²) in [5.74, 6) is 0.250. The molecule has 0 radical (unpaired) electrons. The molecule has 1 N–H and O–H groups in total. The number of hydrazone groups is 1. The number of hydrogen-bond acceptors (Lipinski definition) is 6. The third-order valence-corrected chi connectivity index (χ3v) is 2.98. The van der Waals surface area contributed by atoms with Crippen molar-refractivity contribution in [1.82, 2.24) is 0 Å². The van der Waals surface area contributed by atoms with Crippen LogP contribution < -0.4 is 5.43 Å². The average molecular weight is 276 g/mol. The predicted octanol–water partition coefficient (Wildman–Crippen LogP) is 2.87. The summed E-state index contributed by atoms with van der Waals surface area (Å²) in [6.45, 7) is 1.99. The summed E-state index contributed by atoms with van der Waals surface area (Å²) in [5.41, 5.74) is 2.81. The van der Waals surface area contributed by atoms with Crippen molar-refractivity contribution in [2.24, 2.45) is 11.0 Å². The normalized spacial score (nSPS) is 19.2. The smallest absolute Gasteiger partial charge is 0.271 e. The highest BCUT2D eigenvalue weighted by atomic mass is 16.6. The molecular formula is C12H12N4O4. The van der Waals surface area contributed by atoms with E-state index in [0.29, 0.717) is 0 Å². The molecule has 0 saturated heterocycles. The van der Waals surface area contributed by atoms with Gasteiger partial charge in [-0.1, -0.05) is 13.0 Å². The van der Waals surface area contributed by atoms with E-state index >= 15 is 0 Å². The van der Waals surface area contributed by atoms with Gasteiger partial charge in [-0.05, 0) is 18.6 Å². The number of hydrogen-bond donors (Lipinski definition) is 1. The van der Waals surface area contributed by atoms with E-state index in [2.05, 4.69) is 10.5 Å². The van der Waals surface area contributed by atoms with Crippen LogP contribution in [0.3, 0.4) is 0 Å². The number of nitrogens with zero attached hydrogens (tertiary/aromatic N) is 3. The maximum atomic E-state index is 10.9. The molecule has 0 unspecified atom stereocenters. The number of rotatable bonds is 4. The minimum atomic E-state index is -0.677. The van der Waals surface area contributed by atoms with E-state index in [0.717, 1.165) is 18.2 Å². The van der Waals surface area contributed by atoms with E-state index < -0.39 is 9.85 Å². The maximum absolute atomic E-state index is 10.9. The minimum Gasteiger partial charge on any atom is -0.271 e. The van der Waals surface area contributed by atoms with Crippen molar-refractivity contribution >= 4 is 22.8 Å². The van der Waals surface area contributed by atoms with Gasteiger partial charge < -0.3 is 0 Å². The lowest BCUT2D eigenvalue weighted by Gasteiger charge is -2.05. The zero-order valence-electron chi connectivity index (χ0n) is 10.6. The number of nitro benzene ring substituents is 2. The molecule has 1 aliphatic rings. The molecule has 2 rings (SSSR count). The monoisotopic (exact) mass is 276 g/mol. The van der Waals surface area contributed by atoms with Crippen LogP contribution in [-0.4, -0.2) is 15.6 Å². The number of allylic oxidation sites excluding steroid dienone is 2. The molecule has 0 spiro atoms. The Bertz CT molecular complexity index is 624. The number of non-ortho nitro benzene ring substituents is 1. The molecule has 20 heavy (non-hydrogen) atoms. The highest BCUT2D eigenvalue weighted by Gasteiger charge is 2.20. The molecule has 0 heterocycles. The van der Waals surface area contributed by atoms with Gasteiger partial charge in [0.15, 0.2) is 0 Å². The van der Waals surface area contributed by atoms with Crippen molar-refractivity contribution in [2.75, 3.05) is 5.43 Å². The first-order chi connectivity index (χ1) is 9.49. The van der Waals surface area contributed by atoms with E-state index in [1.54, 1.807) is 0 Å². The summed E-state index contributed by atoms with van der Waals surface area (Å²) in [6.07, 6.45) is 4.69. The van der Waals surface area contributed by atoms with Crippen LogP contribution in [0.15, 0.2) is 35.5 Å². The van der Waals surface area contributed by atoms with Crippen LogP contribution in [0.5, 0.6) is 0 Å². The van der Waals surface area contributed by atoms with Gasteiger partial charge in [0.1, 0.15) is 5.69 Å². The van der Waals surface area contributed by atoms with Crippen LogP contribution in [0, 0.1) is 26.1 Å². The number of nitro groups is 2. The Labute approximate surface area is 114 Å². The van der Waals surface area contributed by atoms with Crippen molar-refractivity contribution in [1.29, 1.82) is 0 Å². The molecule has 8 heteroatoms. The predicted molar refractivity (Wildman–Crippen MR) is 73.7 cm³/mol. The van der Waals surface area contributed by atoms with E-state index in [1.807, 2.05) is 19.1 Å². The van der Waals surface area contributed by atoms with Crippen molar-refractivity contribution in [2.45, 2.75) is 13.3 Å². The zero-order valence-corrected chi connectivity index (χ0v) is 10.6. The van der Waals surface area contributed by atoms with Crippen LogP contribution in [0.1, 0.15) is 13.3 Å². The molecule has 1 aliphatic carbocycles. The summed E-state index contributed by atoms with van der Waals surface area (Å²) in [7, 11) is 0. The van der Waals surface area contributed by atoms with Gasteiger partial charge in [0.05, 0.1) is 21.6 Å². The third-order valence-electron chi connectivity index (χ3n) is 2.98. The number of benzene rings is 1. The molecule has 1 aromatic rings. The van der Waals surface area contributed by atoms with Crippen molar-refractivity contribution in [3.05, 3.63) is 50.6 Å². The lowest BCUT2D eigenvalue weighted by atomic mass is 10.1. The standard InChI is InChI=1S/C12H12N4O4/c1-8-3-2-4-10(8)13-14-11-6-5-9(15(17)18)7-12(11)16(19)20/h2,4-8,14H,3H2,1H3/b13-10-/t8-/m1/s1.